The third-order valence-electron chi connectivity index (χ3n) is 3.05. The number of pyridine rings is 1. The van der Waals surface area contributed by atoms with Crippen LogP contribution in [0.1, 0.15) is 17.3 Å². The first kappa shape index (κ1) is 13.8. The van der Waals surface area contributed by atoms with Gasteiger partial charge in [-0.25, -0.2) is 0 Å². The highest BCUT2D eigenvalue weighted by Crippen LogP contribution is 2.13. The molecule has 1 aromatic heterocycles. The SMILES string of the molecule is CC(CNC(=O)c1ccc2ncccc2c1)C(N)=NO. The lowest BCUT2D eigenvalue weighted by molar-refractivity contribution is 0.0951. The minimum atomic E-state index is -0.230. The number of amides is 1. The number of rotatable bonds is 4. The maximum absolute atomic E-state index is 12.0. The monoisotopic (exact) mass is 272 g/mol. The van der Waals surface area contributed by atoms with Crippen molar-refractivity contribution in [3.05, 3.63) is 42.1 Å². The minimum Gasteiger partial charge on any atom is -0.409 e. The summed E-state index contributed by atoms with van der Waals surface area (Å²) in [7, 11) is 0. The average Bonchev–Trinajstić information content (AvgIpc) is 2.50. The summed E-state index contributed by atoms with van der Waals surface area (Å²) in [5, 5.41) is 15.1. The van der Waals surface area contributed by atoms with Crippen LogP contribution in [0.5, 0.6) is 0 Å². The van der Waals surface area contributed by atoms with Gasteiger partial charge in [-0.15, -0.1) is 0 Å². The second-order valence-corrected chi connectivity index (χ2v) is 4.55. The molecule has 1 heterocycles. The molecule has 1 atom stereocenters. The number of carbonyl (C=O) groups is 1. The topological polar surface area (TPSA) is 101 Å². The highest BCUT2D eigenvalue weighted by Gasteiger charge is 2.11. The van der Waals surface area contributed by atoms with Crippen LogP contribution in [0.4, 0.5) is 0 Å². The first-order valence-corrected chi connectivity index (χ1v) is 6.22. The fraction of sp³-hybridized carbons (Fsp3) is 0.214. The quantitative estimate of drug-likeness (QED) is 0.338. The largest absolute Gasteiger partial charge is 0.409 e. The number of carbonyl (C=O) groups excluding carboxylic acids is 1. The summed E-state index contributed by atoms with van der Waals surface area (Å²) in [4.78, 5) is 16.2. The number of fused-ring (bicyclic) bond motifs is 1. The van der Waals surface area contributed by atoms with E-state index in [1.807, 2.05) is 12.1 Å². The molecule has 0 fully saturated rings. The summed E-state index contributed by atoms with van der Waals surface area (Å²) >= 11 is 0. The summed E-state index contributed by atoms with van der Waals surface area (Å²) in [6.07, 6.45) is 1.71. The van der Waals surface area contributed by atoms with Gasteiger partial charge in [0.15, 0.2) is 0 Å². The van der Waals surface area contributed by atoms with E-state index in [1.54, 1.807) is 31.3 Å². The van der Waals surface area contributed by atoms with Crippen LogP contribution in [0.25, 0.3) is 10.9 Å². The molecule has 6 heteroatoms. The van der Waals surface area contributed by atoms with E-state index < -0.39 is 0 Å². The van der Waals surface area contributed by atoms with E-state index in [1.165, 1.54) is 0 Å². The van der Waals surface area contributed by atoms with Crippen LogP contribution in [0, 0.1) is 5.92 Å². The van der Waals surface area contributed by atoms with E-state index >= 15 is 0 Å². The Bertz CT molecular complexity index is 654. The molecular weight excluding hydrogens is 256 g/mol. The van der Waals surface area contributed by atoms with E-state index in [0.29, 0.717) is 12.1 Å². The summed E-state index contributed by atoms with van der Waals surface area (Å²) in [5.74, 6) is -0.340. The van der Waals surface area contributed by atoms with Crippen LogP contribution in [0.15, 0.2) is 41.7 Å². The summed E-state index contributed by atoms with van der Waals surface area (Å²) in [6, 6.07) is 9.03. The molecule has 0 aliphatic carbocycles. The van der Waals surface area contributed by atoms with Crippen molar-refractivity contribution in [2.45, 2.75) is 6.92 Å². The Labute approximate surface area is 116 Å². The van der Waals surface area contributed by atoms with Crippen molar-refractivity contribution in [2.24, 2.45) is 16.8 Å². The van der Waals surface area contributed by atoms with Crippen molar-refractivity contribution in [1.29, 1.82) is 0 Å². The molecule has 0 saturated carbocycles. The fourth-order valence-corrected chi connectivity index (χ4v) is 1.77. The van der Waals surface area contributed by atoms with Gasteiger partial charge in [-0.3, -0.25) is 9.78 Å². The van der Waals surface area contributed by atoms with Crippen molar-refractivity contribution in [3.8, 4) is 0 Å². The minimum absolute atomic E-state index is 0.0908. The van der Waals surface area contributed by atoms with Crippen molar-refractivity contribution in [1.82, 2.24) is 10.3 Å². The molecule has 0 aliphatic rings. The highest BCUT2D eigenvalue weighted by atomic mass is 16.4. The summed E-state index contributed by atoms with van der Waals surface area (Å²) in [6.45, 7) is 2.07. The number of aromatic nitrogens is 1. The number of hydrogen-bond acceptors (Lipinski definition) is 4. The van der Waals surface area contributed by atoms with Crippen LogP contribution in [-0.4, -0.2) is 28.5 Å². The Morgan fingerprint density at radius 2 is 2.30 bits per heavy atom. The Morgan fingerprint density at radius 3 is 3.05 bits per heavy atom. The molecule has 104 valence electrons. The first-order chi connectivity index (χ1) is 9.61. The van der Waals surface area contributed by atoms with Gasteiger partial charge in [-0.05, 0) is 24.3 Å². The third kappa shape index (κ3) is 3.03. The molecule has 0 radical (unpaired) electrons. The normalized spacial score (nSPS) is 13.2. The Balaban J connectivity index is 2.08. The first-order valence-electron chi connectivity index (χ1n) is 6.22. The molecule has 2 rings (SSSR count). The van der Waals surface area contributed by atoms with Crippen molar-refractivity contribution >= 4 is 22.6 Å². The Kier molecular flexibility index (Phi) is 4.14. The number of oxime groups is 1. The van der Waals surface area contributed by atoms with Crippen molar-refractivity contribution in [2.75, 3.05) is 6.54 Å². The van der Waals surface area contributed by atoms with Gasteiger partial charge in [-0.2, -0.15) is 0 Å². The third-order valence-corrected chi connectivity index (χ3v) is 3.05. The van der Waals surface area contributed by atoms with Crippen LogP contribution >= 0.6 is 0 Å². The van der Waals surface area contributed by atoms with E-state index in [2.05, 4.69) is 15.5 Å². The zero-order valence-electron chi connectivity index (χ0n) is 11.1. The molecule has 0 bridgehead atoms. The molecule has 1 amide bonds. The summed E-state index contributed by atoms with van der Waals surface area (Å²) < 4.78 is 0. The Morgan fingerprint density at radius 1 is 1.50 bits per heavy atom. The zero-order valence-corrected chi connectivity index (χ0v) is 11.1. The number of amidine groups is 1. The molecule has 0 aliphatic heterocycles. The van der Waals surface area contributed by atoms with Gasteiger partial charge in [0.1, 0.15) is 5.84 Å². The van der Waals surface area contributed by atoms with Gasteiger partial charge >= 0.3 is 0 Å². The summed E-state index contributed by atoms with van der Waals surface area (Å²) in [5.41, 5.74) is 6.85. The molecule has 0 spiro atoms. The maximum Gasteiger partial charge on any atom is 0.251 e. The number of nitrogens with zero attached hydrogens (tertiary/aromatic N) is 2. The Hall–Kier alpha value is -2.63. The predicted molar refractivity (Wildman–Crippen MR) is 76.6 cm³/mol. The predicted octanol–water partition coefficient (Wildman–Crippen LogP) is 1.35. The molecular formula is C14H16N4O2. The maximum atomic E-state index is 12.0. The molecule has 4 N–H and O–H groups in total. The molecule has 0 saturated heterocycles. The second kappa shape index (κ2) is 6.01. The van der Waals surface area contributed by atoms with Gasteiger partial charge in [0.2, 0.25) is 0 Å². The van der Waals surface area contributed by atoms with E-state index in [0.717, 1.165) is 10.9 Å². The van der Waals surface area contributed by atoms with Crippen molar-refractivity contribution < 1.29 is 10.0 Å². The lowest BCUT2D eigenvalue weighted by Gasteiger charge is -2.11. The lowest BCUT2D eigenvalue weighted by Crippen LogP contribution is -2.34. The van der Waals surface area contributed by atoms with Crippen molar-refractivity contribution in [3.63, 3.8) is 0 Å². The number of nitrogens with one attached hydrogen (secondary N) is 1. The second-order valence-electron chi connectivity index (χ2n) is 4.55. The van der Waals surface area contributed by atoms with E-state index in [9.17, 15) is 4.79 Å². The van der Waals surface area contributed by atoms with Gasteiger partial charge in [0.05, 0.1) is 5.52 Å². The number of benzene rings is 1. The van der Waals surface area contributed by atoms with E-state index in [-0.39, 0.29) is 17.7 Å². The van der Waals surface area contributed by atoms with Crippen LogP contribution in [0.3, 0.4) is 0 Å². The molecule has 2 aromatic rings. The molecule has 20 heavy (non-hydrogen) atoms. The van der Waals surface area contributed by atoms with Gasteiger partial charge < -0.3 is 16.3 Å². The zero-order chi connectivity index (χ0) is 14.5. The van der Waals surface area contributed by atoms with Crippen LogP contribution < -0.4 is 11.1 Å². The molecule has 1 aromatic carbocycles. The average molecular weight is 272 g/mol. The lowest BCUT2D eigenvalue weighted by atomic mass is 10.1. The smallest absolute Gasteiger partial charge is 0.251 e. The van der Waals surface area contributed by atoms with Crippen LogP contribution in [-0.2, 0) is 0 Å². The molecule has 1 unspecified atom stereocenters. The highest BCUT2D eigenvalue weighted by molar-refractivity contribution is 5.98. The number of hydrogen-bond donors (Lipinski definition) is 3. The fourth-order valence-electron chi connectivity index (χ4n) is 1.77. The van der Waals surface area contributed by atoms with Gasteiger partial charge in [0, 0.05) is 29.6 Å². The molecule has 6 nitrogen and oxygen atoms in total. The van der Waals surface area contributed by atoms with Gasteiger partial charge in [0.25, 0.3) is 5.91 Å². The van der Waals surface area contributed by atoms with Gasteiger partial charge in [-0.1, -0.05) is 18.1 Å². The van der Waals surface area contributed by atoms with Crippen LogP contribution in [0.2, 0.25) is 0 Å². The standard InChI is InChI=1S/C14H16N4O2/c1-9(13(15)18-20)8-17-14(19)11-4-5-12-10(7-11)3-2-6-16-12/h2-7,9,20H,8H2,1H3,(H2,15,18)(H,17,19). The number of nitrogens with two attached hydrogens (primary N) is 1. The van der Waals surface area contributed by atoms with E-state index in [4.69, 9.17) is 10.9 Å².